The number of nitrogens with one attached hydrogen (secondary N) is 1. The van der Waals surface area contributed by atoms with Crippen LogP contribution < -0.4 is 5.32 Å². The van der Waals surface area contributed by atoms with Crippen molar-refractivity contribution < 1.29 is 18.7 Å². The third-order valence-corrected chi connectivity index (χ3v) is 4.86. The Balaban J connectivity index is 1.77. The lowest BCUT2D eigenvalue weighted by Gasteiger charge is -2.17. The van der Waals surface area contributed by atoms with Gasteiger partial charge in [0.05, 0.1) is 28.9 Å². The highest BCUT2D eigenvalue weighted by Crippen LogP contribution is 2.30. The third kappa shape index (κ3) is 4.90. The second-order valence-electron chi connectivity index (χ2n) is 6.44. The molecule has 0 radical (unpaired) electrons. The van der Waals surface area contributed by atoms with E-state index in [0.717, 1.165) is 5.39 Å². The summed E-state index contributed by atoms with van der Waals surface area (Å²) in [6.45, 7) is 2.35. The summed E-state index contributed by atoms with van der Waals surface area (Å²) in [6.07, 6.45) is 0. The minimum Gasteiger partial charge on any atom is -0.460 e. The van der Waals surface area contributed by atoms with E-state index >= 15 is 0 Å². The number of carbonyl (C=O) groups is 2. The molecular weight excluding hydrogens is 415 g/mol. The summed E-state index contributed by atoms with van der Waals surface area (Å²) in [4.78, 5) is 26.5. The van der Waals surface area contributed by atoms with Crippen LogP contribution in [0.25, 0.3) is 11.0 Å². The van der Waals surface area contributed by atoms with E-state index in [2.05, 4.69) is 5.32 Å². The van der Waals surface area contributed by atoms with Crippen LogP contribution in [0, 0.1) is 0 Å². The largest absolute Gasteiger partial charge is 0.460 e. The van der Waals surface area contributed by atoms with Gasteiger partial charge in [-0.05, 0) is 32.2 Å². The molecule has 0 aliphatic heterocycles. The number of para-hydroxylation sites is 2. The minimum atomic E-state index is -0.528. The van der Waals surface area contributed by atoms with E-state index < -0.39 is 5.97 Å². The van der Waals surface area contributed by atoms with Crippen molar-refractivity contribution in [3.05, 3.63) is 63.8 Å². The number of carbonyl (C=O) groups excluding carboxylic acids is 2. The molecule has 0 aliphatic carbocycles. The zero-order chi connectivity index (χ0) is 21.0. The average Bonchev–Trinajstić information content (AvgIpc) is 3.03. The molecular formula is C21H20Cl2N2O4. The number of esters is 1. The van der Waals surface area contributed by atoms with Crippen molar-refractivity contribution >= 4 is 51.7 Å². The maximum absolute atomic E-state index is 12.5. The smallest absolute Gasteiger partial charge is 0.374 e. The Morgan fingerprint density at radius 1 is 1.10 bits per heavy atom. The highest BCUT2D eigenvalue weighted by Gasteiger charge is 2.23. The molecule has 2 aromatic carbocycles. The van der Waals surface area contributed by atoms with Gasteiger partial charge in [-0.1, -0.05) is 47.5 Å². The minimum absolute atomic E-state index is 0.0589. The predicted octanol–water partition coefficient (Wildman–Crippen LogP) is 4.99. The van der Waals surface area contributed by atoms with E-state index in [0.29, 0.717) is 33.4 Å². The highest BCUT2D eigenvalue weighted by molar-refractivity contribution is 6.39. The summed E-state index contributed by atoms with van der Waals surface area (Å²) >= 11 is 12.2. The number of anilines is 1. The molecule has 1 aromatic heterocycles. The molecule has 29 heavy (non-hydrogen) atoms. The maximum atomic E-state index is 12.5. The van der Waals surface area contributed by atoms with Crippen molar-refractivity contribution in [2.24, 2.45) is 0 Å². The number of rotatable bonds is 7. The number of likely N-dealkylation sites (N-methyl/N-ethyl adjacent to an activating group) is 1. The highest BCUT2D eigenvalue weighted by atomic mass is 35.5. The molecule has 0 saturated carbocycles. The molecule has 3 rings (SSSR count). The molecule has 3 aromatic rings. The predicted molar refractivity (Wildman–Crippen MR) is 114 cm³/mol. The first-order chi connectivity index (χ1) is 13.9. The van der Waals surface area contributed by atoms with E-state index in [9.17, 15) is 9.59 Å². The first-order valence-corrected chi connectivity index (χ1v) is 9.76. The number of amides is 1. The van der Waals surface area contributed by atoms with Gasteiger partial charge < -0.3 is 14.5 Å². The fourth-order valence-electron chi connectivity index (χ4n) is 2.98. The molecule has 1 amide bonds. The van der Waals surface area contributed by atoms with Crippen LogP contribution in [-0.2, 0) is 16.1 Å². The number of furan rings is 1. The van der Waals surface area contributed by atoms with Gasteiger partial charge in [-0.3, -0.25) is 9.69 Å². The monoisotopic (exact) mass is 434 g/mol. The number of benzene rings is 2. The average molecular weight is 435 g/mol. The quantitative estimate of drug-likeness (QED) is 0.530. The van der Waals surface area contributed by atoms with Gasteiger partial charge in [0, 0.05) is 17.5 Å². The fourth-order valence-corrected chi connectivity index (χ4v) is 3.48. The van der Waals surface area contributed by atoms with E-state index in [4.69, 9.17) is 32.4 Å². The molecule has 6 nitrogen and oxygen atoms in total. The number of hydrogen-bond donors (Lipinski definition) is 1. The molecule has 0 atom stereocenters. The molecule has 0 fully saturated rings. The summed E-state index contributed by atoms with van der Waals surface area (Å²) in [5, 5.41) is 4.25. The first-order valence-electron chi connectivity index (χ1n) is 9.00. The fraction of sp³-hybridized carbons (Fsp3) is 0.238. The Hall–Kier alpha value is -2.54. The van der Waals surface area contributed by atoms with Crippen LogP contribution in [0.2, 0.25) is 10.0 Å². The van der Waals surface area contributed by atoms with Crippen LogP contribution in [0.15, 0.2) is 46.9 Å². The Bertz CT molecular complexity index is 1030. The van der Waals surface area contributed by atoms with Gasteiger partial charge in [0.25, 0.3) is 0 Å². The molecule has 0 saturated heterocycles. The molecule has 0 bridgehead atoms. The van der Waals surface area contributed by atoms with Crippen LogP contribution in [0.4, 0.5) is 5.69 Å². The van der Waals surface area contributed by atoms with Gasteiger partial charge in [0.2, 0.25) is 11.7 Å². The van der Waals surface area contributed by atoms with Gasteiger partial charge in [-0.25, -0.2) is 4.79 Å². The number of nitrogens with zero attached hydrogens (tertiary/aromatic N) is 1. The summed E-state index contributed by atoms with van der Waals surface area (Å²) in [7, 11) is 1.77. The Morgan fingerprint density at radius 2 is 1.79 bits per heavy atom. The van der Waals surface area contributed by atoms with Crippen LogP contribution in [0.3, 0.4) is 0 Å². The first kappa shape index (κ1) is 21.2. The van der Waals surface area contributed by atoms with E-state index in [-0.39, 0.29) is 24.8 Å². The van der Waals surface area contributed by atoms with Gasteiger partial charge >= 0.3 is 5.97 Å². The van der Waals surface area contributed by atoms with Crippen molar-refractivity contribution in [3.8, 4) is 0 Å². The lowest BCUT2D eigenvalue weighted by molar-refractivity contribution is -0.117. The molecule has 8 heteroatoms. The zero-order valence-corrected chi connectivity index (χ0v) is 17.5. The lowest BCUT2D eigenvalue weighted by atomic mass is 10.1. The second-order valence-corrected chi connectivity index (χ2v) is 7.26. The molecule has 0 spiro atoms. The van der Waals surface area contributed by atoms with Crippen molar-refractivity contribution in [2.45, 2.75) is 13.5 Å². The van der Waals surface area contributed by atoms with E-state index in [1.54, 1.807) is 43.1 Å². The SMILES string of the molecule is CCOC(=O)c1oc2ccccc2c1CN(C)CC(=O)Nc1c(Cl)cccc1Cl. The van der Waals surface area contributed by atoms with Crippen molar-refractivity contribution in [2.75, 3.05) is 25.5 Å². The van der Waals surface area contributed by atoms with Gasteiger partial charge in [0.15, 0.2) is 0 Å². The topological polar surface area (TPSA) is 71.8 Å². The lowest BCUT2D eigenvalue weighted by Crippen LogP contribution is -2.30. The molecule has 152 valence electrons. The summed E-state index contributed by atoms with van der Waals surface area (Å²) in [5.74, 6) is -0.665. The summed E-state index contributed by atoms with van der Waals surface area (Å²) in [6, 6.07) is 12.3. The van der Waals surface area contributed by atoms with Crippen molar-refractivity contribution in [1.29, 1.82) is 0 Å². The van der Waals surface area contributed by atoms with Crippen molar-refractivity contribution in [3.63, 3.8) is 0 Å². The molecule has 0 unspecified atom stereocenters. The zero-order valence-electron chi connectivity index (χ0n) is 16.0. The second kappa shape index (κ2) is 9.31. The number of halogens is 2. The Labute approximate surface area is 178 Å². The van der Waals surface area contributed by atoms with Gasteiger partial charge in [-0.15, -0.1) is 0 Å². The normalized spacial score (nSPS) is 11.1. The molecule has 0 aliphatic rings. The third-order valence-electron chi connectivity index (χ3n) is 4.23. The van der Waals surface area contributed by atoms with Crippen LogP contribution >= 0.6 is 23.2 Å². The number of hydrogen-bond acceptors (Lipinski definition) is 5. The molecule has 1 heterocycles. The van der Waals surface area contributed by atoms with Crippen LogP contribution in [-0.4, -0.2) is 37.0 Å². The van der Waals surface area contributed by atoms with Crippen LogP contribution in [0.1, 0.15) is 23.0 Å². The van der Waals surface area contributed by atoms with Crippen molar-refractivity contribution in [1.82, 2.24) is 4.90 Å². The van der Waals surface area contributed by atoms with E-state index in [1.807, 2.05) is 18.2 Å². The van der Waals surface area contributed by atoms with Crippen LogP contribution in [0.5, 0.6) is 0 Å². The Kier molecular flexibility index (Phi) is 6.79. The van der Waals surface area contributed by atoms with E-state index in [1.165, 1.54) is 0 Å². The number of fused-ring (bicyclic) bond motifs is 1. The summed E-state index contributed by atoms with van der Waals surface area (Å²) in [5.41, 5.74) is 1.63. The number of ether oxygens (including phenoxy) is 1. The van der Waals surface area contributed by atoms with Gasteiger partial charge in [-0.2, -0.15) is 0 Å². The summed E-state index contributed by atoms with van der Waals surface area (Å²) < 4.78 is 10.8. The maximum Gasteiger partial charge on any atom is 0.374 e. The Morgan fingerprint density at radius 3 is 2.48 bits per heavy atom. The molecule has 1 N–H and O–H groups in total. The van der Waals surface area contributed by atoms with Gasteiger partial charge in [0.1, 0.15) is 5.58 Å². The standard InChI is InChI=1S/C21H20Cl2N2O4/c1-3-28-21(27)20-14(13-7-4-5-10-17(13)29-20)11-25(2)12-18(26)24-19-15(22)8-6-9-16(19)23/h4-10H,3,11-12H2,1-2H3,(H,24,26).